The highest BCUT2D eigenvalue weighted by Gasteiger charge is 2.30. The number of likely N-dealkylation sites (tertiary alicyclic amines) is 1. The summed E-state index contributed by atoms with van der Waals surface area (Å²) in [7, 11) is 0. The second kappa shape index (κ2) is 13.0. The second-order valence-electron chi connectivity index (χ2n) is 8.87. The van der Waals surface area contributed by atoms with E-state index in [1.54, 1.807) is 0 Å². The Morgan fingerprint density at radius 1 is 1.09 bits per heavy atom. The molecule has 0 unspecified atom stereocenters. The molecule has 33 heavy (non-hydrogen) atoms. The molecule has 8 nitrogen and oxygen atoms in total. The van der Waals surface area contributed by atoms with Crippen LogP contribution in [0.1, 0.15) is 76.2 Å². The molecule has 2 aromatic rings. The molecule has 180 valence electrons. The largest absolute Gasteiger partial charge is 0.465 e. The van der Waals surface area contributed by atoms with Gasteiger partial charge in [0.25, 0.3) is 0 Å². The highest BCUT2D eigenvalue weighted by atomic mass is 16.5. The molecule has 2 N–H and O–H groups in total. The molecule has 0 spiro atoms. The Balaban J connectivity index is 1.37. The van der Waals surface area contributed by atoms with Crippen LogP contribution in [0.15, 0.2) is 28.8 Å². The van der Waals surface area contributed by atoms with Crippen LogP contribution in [0.2, 0.25) is 0 Å². The summed E-state index contributed by atoms with van der Waals surface area (Å²) in [4.78, 5) is 28.9. The normalized spacial score (nSPS) is 15.7. The molecular formula is C25H36N4O4. The number of hydrogen-bond donors (Lipinski definition) is 2. The quantitative estimate of drug-likeness (QED) is 0.409. The summed E-state index contributed by atoms with van der Waals surface area (Å²) in [5, 5.41) is 15.8. The SMILES string of the molecule is CCCCCCCCCCc1ccc(-c2noc(CNC(=O)[C@@H]3CCN(C(=O)O)C3)n2)cc1. The van der Waals surface area contributed by atoms with E-state index >= 15 is 0 Å². The van der Waals surface area contributed by atoms with Crippen molar-refractivity contribution in [3.05, 3.63) is 35.7 Å². The average molecular weight is 457 g/mol. The Kier molecular flexibility index (Phi) is 9.72. The number of nitrogens with zero attached hydrogens (tertiary/aromatic N) is 3. The number of unbranched alkanes of at least 4 members (excludes halogenated alkanes) is 7. The molecule has 1 aromatic carbocycles. The van der Waals surface area contributed by atoms with Crippen LogP contribution in [0.25, 0.3) is 11.4 Å². The molecule has 1 aliphatic heterocycles. The van der Waals surface area contributed by atoms with E-state index < -0.39 is 6.09 Å². The zero-order valence-corrected chi connectivity index (χ0v) is 19.6. The number of hydrogen-bond acceptors (Lipinski definition) is 5. The van der Waals surface area contributed by atoms with Crippen molar-refractivity contribution in [1.82, 2.24) is 20.4 Å². The zero-order chi connectivity index (χ0) is 23.5. The summed E-state index contributed by atoms with van der Waals surface area (Å²) >= 11 is 0. The van der Waals surface area contributed by atoms with E-state index in [2.05, 4.69) is 34.5 Å². The fraction of sp³-hybridized carbons (Fsp3) is 0.600. The summed E-state index contributed by atoms with van der Waals surface area (Å²) in [6.07, 6.45) is 11.2. The third-order valence-electron chi connectivity index (χ3n) is 6.24. The third kappa shape index (κ3) is 7.87. The summed E-state index contributed by atoms with van der Waals surface area (Å²) in [5.41, 5.74) is 2.19. The standard InChI is InChI=1S/C25H36N4O4/c1-2-3-4-5-6-7-8-9-10-19-11-13-20(14-12-19)23-27-22(33-28-23)17-26-24(30)21-15-16-29(18-21)25(31)32/h11-14,21H,2-10,15-18H2,1H3,(H,26,30)(H,31,32)/t21-/m1/s1. The number of benzene rings is 1. The minimum Gasteiger partial charge on any atom is -0.465 e. The Morgan fingerprint density at radius 3 is 2.45 bits per heavy atom. The minimum absolute atomic E-state index is 0.131. The molecule has 2 amide bonds. The van der Waals surface area contributed by atoms with Crippen molar-refractivity contribution < 1.29 is 19.2 Å². The smallest absolute Gasteiger partial charge is 0.407 e. The maximum absolute atomic E-state index is 12.3. The van der Waals surface area contributed by atoms with E-state index in [4.69, 9.17) is 9.63 Å². The van der Waals surface area contributed by atoms with Crippen molar-refractivity contribution in [2.45, 2.75) is 77.7 Å². The Hall–Kier alpha value is -2.90. The number of carboxylic acid groups (broad SMARTS) is 1. The van der Waals surface area contributed by atoms with Crippen molar-refractivity contribution in [2.24, 2.45) is 5.92 Å². The first-order valence-electron chi connectivity index (χ1n) is 12.2. The van der Waals surface area contributed by atoms with E-state index in [0.717, 1.165) is 12.0 Å². The Bertz CT molecular complexity index is 881. The predicted molar refractivity (Wildman–Crippen MR) is 126 cm³/mol. The Labute approximate surface area is 195 Å². The van der Waals surface area contributed by atoms with Crippen molar-refractivity contribution in [3.8, 4) is 11.4 Å². The molecule has 1 aliphatic rings. The fourth-order valence-corrected chi connectivity index (χ4v) is 4.18. The van der Waals surface area contributed by atoms with Gasteiger partial charge >= 0.3 is 6.09 Å². The van der Waals surface area contributed by atoms with Crippen molar-refractivity contribution in [1.29, 1.82) is 0 Å². The molecule has 0 radical (unpaired) electrons. The van der Waals surface area contributed by atoms with Crippen LogP contribution >= 0.6 is 0 Å². The van der Waals surface area contributed by atoms with Gasteiger partial charge in [-0.1, -0.05) is 81.3 Å². The van der Waals surface area contributed by atoms with Gasteiger partial charge in [0.1, 0.15) is 0 Å². The van der Waals surface area contributed by atoms with E-state index in [-0.39, 0.29) is 24.9 Å². The van der Waals surface area contributed by atoms with Crippen LogP contribution < -0.4 is 5.32 Å². The fourth-order valence-electron chi connectivity index (χ4n) is 4.18. The molecule has 3 rings (SSSR count). The van der Waals surface area contributed by atoms with Gasteiger partial charge in [-0.05, 0) is 24.8 Å². The highest BCUT2D eigenvalue weighted by molar-refractivity contribution is 5.80. The molecule has 1 atom stereocenters. The van der Waals surface area contributed by atoms with Gasteiger partial charge in [0.15, 0.2) is 0 Å². The van der Waals surface area contributed by atoms with Gasteiger partial charge < -0.3 is 19.8 Å². The number of aryl methyl sites for hydroxylation is 1. The molecule has 0 aliphatic carbocycles. The van der Waals surface area contributed by atoms with Gasteiger partial charge in [-0.2, -0.15) is 4.98 Å². The van der Waals surface area contributed by atoms with Crippen LogP contribution in [0.5, 0.6) is 0 Å². The number of carbonyl (C=O) groups excluding carboxylic acids is 1. The monoisotopic (exact) mass is 456 g/mol. The lowest BCUT2D eigenvalue weighted by atomic mass is 10.0. The Morgan fingerprint density at radius 2 is 1.79 bits per heavy atom. The molecule has 1 fully saturated rings. The van der Waals surface area contributed by atoms with Crippen LogP contribution in [0.4, 0.5) is 4.79 Å². The van der Waals surface area contributed by atoms with Crippen molar-refractivity contribution in [2.75, 3.05) is 13.1 Å². The number of aromatic nitrogens is 2. The van der Waals surface area contributed by atoms with Gasteiger partial charge in [-0.15, -0.1) is 0 Å². The first-order chi connectivity index (χ1) is 16.1. The van der Waals surface area contributed by atoms with Gasteiger partial charge in [0.2, 0.25) is 17.6 Å². The molecule has 8 heteroatoms. The maximum Gasteiger partial charge on any atom is 0.407 e. The lowest BCUT2D eigenvalue weighted by molar-refractivity contribution is -0.124. The number of carbonyl (C=O) groups is 2. The predicted octanol–water partition coefficient (Wildman–Crippen LogP) is 5.04. The first-order valence-corrected chi connectivity index (χ1v) is 12.2. The molecule has 0 saturated carbocycles. The van der Waals surface area contributed by atoms with Gasteiger partial charge in [-0.3, -0.25) is 4.79 Å². The number of rotatable bonds is 13. The lowest BCUT2D eigenvalue weighted by Gasteiger charge is -2.11. The zero-order valence-electron chi connectivity index (χ0n) is 19.6. The van der Waals surface area contributed by atoms with E-state index in [1.165, 1.54) is 61.8 Å². The molecule has 0 bridgehead atoms. The molecule has 1 aromatic heterocycles. The average Bonchev–Trinajstić information content (AvgIpc) is 3.50. The molecular weight excluding hydrogens is 420 g/mol. The lowest BCUT2D eigenvalue weighted by Crippen LogP contribution is -2.33. The van der Waals surface area contributed by atoms with Gasteiger partial charge in [-0.25, -0.2) is 4.79 Å². The van der Waals surface area contributed by atoms with Crippen molar-refractivity contribution >= 4 is 12.0 Å². The topological polar surface area (TPSA) is 109 Å². The van der Waals surface area contributed by atoms with E-state index in [1.807, 2.05) is 12.1 Å². The summed E-state index contributed by atoms with van der Waals surface area (Å²) in [5.74, 6) is 0.297. The second-order valence-corrected chi connectivity index (χ2v) is 8.87. The highest BCUT2D eigenvalue weighted by Crippen LogP contribution is 2.19. The van der Waals surface area contributed by atoms with Gasteiger partial charge in [0.05, 0.1) is 12.5 Å². The van der Waals surface area contributed by atoms with Gasteiger partial charge in [0, 0.05) is 18.7 Å². The first kappa shape index (κ1) is 24.7. The number of nitrogens with one attached hydrogen (secondary N) is 1. The van der Waals surface area contributed by atoms with Crippen LogP contribution in [-0.4, -0.2) is 45.2 Å². The number of amides is 2. The van der Waals surface area contributed by atoms with Crippen LogP contribution in [0.3, 0.4) is 0 Å². The molecule has 1 saturated heterocycles. The minimum atomic E-state index is -0.990. The van der Waals surface area contributed by atoms with E-state index in [9.17, 15) is 9.59 Å². The molecule has 2 heterocycles. The third-order valence-corrected chi connectivity index (χ3v) is 6.24. The van der Waals surface area contributed by atoms with Crippen molar-refractivity contribution in [3.63, 3.8) is 0 Å². The summed E-state index contributed by atoms with van der Waals surface area (Å²) in [6.45, 7) is 2.99. The van der Waals surface area contributed by atoms with Crippen LogP contribution in [-0.2, 0) is 17.8 Å². The maximum atomic E-state index is 12.3. The summed E-state index contributed by atoms with van der Waals surface area (Å²) in [6, 6.07) is 8.24. The summed E-state index contributed by atoms with van der Waals surface area (Å²) < 4.78 is 5.27. The van der Waals surface area contributed by atoms with Crippen LogP contribution in [0, 0.1) is 5.92 Å². The van der Waals surface area contributed by atoms with E-state index in [0.29, 0.717) is 24.7 Å².